The van der Waals surface area contributed by atoms with E-state index >= 15 is 0 Å². The molecule has 0 saturated carbocycles. The zero-order chi connectivity index (χ0) is 23.3. The summed E-state index contributed by atoms with van der Waals surface area (Å²) in [6, 6.07) is 10.7. The number of rotatable bonds is 8. The number of carbonyl (C=O) groups excluding carboxylic acids is 1. The molecule has 1 aromatic heterocycles. The van der Waals surface area contributed by atoms with E-state index in [4.69, 9.17) is 4.74 Å². The van der Waals surface area contributed by atoms with Gasteiger partial charge in [0.25, 0.3) is 11.6 Å². The molecule has 0 saturated heterocycles. The number of benzene rings is 2. The van der Waals surface area contributed by atoms with E-state index in [0.29, 0.717) is 34.8 Å². The number of thiazole rings is 1. The SMILES string of the molecule is CCOCCn1c(=NC(=O)C=Cc2cccc([N+](=O)[O-])c2)sc2cc(S(C)(=O)=O)ccc21. The second kappa shape index (κ2) is 9.98. The molecule has 3 rings (SSSR count). The number of nitro groups is 1. The van der Waals surface area contributed by atoms with Crippen LogP contribution in [0.1, 0.15) is 12.5 Å². The van der Waals surface area contributed by atoms with Crippen LogP contribution in [0.3, 0.4) is 0 Å². The van der Waals surface area contributed by atoms with Gasteiger partial charge >= 0.3 is 0 Å². The van der Waals surface area contributed by atoms with Gasteiger partial charge in [-0.15, -0.1) is 0 Å². The molecule has 0 aliphatic rings. The summed E-state index contributed by atoms with van der Waals surface area (Å²) < 4.78 is 31.7. The first-order valence-corrected chi connectivity index (χ1v) is 12.3. The van der Waals surface area contributed by atoms with Crippen molar-refractivity contribution >= 4 is 49.1 Å². The molecule has 0 fully saturated rings. The molecule has 0 bridgehead atoms. The molecule has 0 aliphatic heterocycles. The van der Waals surface area contributed by atoms with E-state index in [0.717, 1.165) is 11.8 Å². The molecule has 3 aromatic rings. The van der Waals surface area contributed by atoms with Crippen LogP contribution in [-0.4, -0.2) is 43.3 Å². The van der Waals surface area contributed by atoms with Crippen molar-refractivity contribution in [1.29, 1.82) is 0 Å². The van der Waals surface area contributed by atoms with Gasteiger partial charge < -0.3 is 9.30 Å². The van der Waals surface area contributed by atoms with Gasteiger partial charge in [0.05, 0.1) is 26.6 Å². The number of hydrogen-bond acceptors (Lipinski definition) is 7. The fourth-order valence-electron chi connectivity index (χ4n) is 2.93. The first kappa shape index (κ1) is 23.5. The van der Waals surface area contributed by atoms with Gasteiger partial charge in [0, 0.05) is 37.6 Å². The Bertz CT molecular complexity index is 1370. The van der Waals surface area contributed by atoms with E-state index in [1.807, 2.05) is 6.92 Å². The summed E-state index contributed by atoms with van der Waals surface area (Å²) in [5, 5.41) is 10.9. The first-order chi connectivity index (χ1) is 15.2. The van der Waals surface area contributed by atoms with Crippen molar-refractivity contribution in [3.05, 3.63) is 69.0 Å². The highest BCUT2D eigenvalue weighted by molar-refractivity contribution is 7.90. The summed E-state index contributed by atoms with van der Waals surface area (Å²) in [5.74, 6) is -0.545. The van der Waals surface area contributed by atoms with Gasteiger partial charge in [-0.25, -0.2) is 8.42 Å². The van der Waals surface area contributed by atoms with Crippen molar-refractivity contribution in [3.8, 4) is 0 Å². The molecule has 11 heteroatoms. The number of amides is 1. The van der Waals surface area contributed by atoms with Crippen molar-refractivity contribution < 1.29 is 22.9 Å². The van der Waals surface area contributed by atoms with E-state index in [2.05, 4.69) is 4.99 Å². The maximum absolute atomic E-state index is 12.5. The van der Waals surface area contributed by atoms with Crippen molar-refractivity contribution in [3.63, 3.8) is 0 Å². The van der Waals surface area contributed by atoms with Gasteiger partial charge in [0.15, 0.2) is 14.6 Å². The largest absolute Gasteiger partial charge is 0.380 e. The summed E-state index contributed by atoms with van der Waals surface area (Å²) in [7, 11) is -3.37. The minimum Gasteiger partial charge on any atom is -0.380 e. The molecule has 1 heterocycles. The van der Waals surface area contributed by atoms with Gasteiger partial charge in [-0.1, -0.05) is 23.5 Å². The number of ether oxygens (including phenoxy) is 1. The molecule has 0 N–H and O–H groups in total. The van der Waals surface area contributed by atoms with Crippen LogP contribution in [0.25, 0.3) is 16.3 Å². The minimum atomic E-state index is -3.37. The maximum Gasteiger partial charge on any atom is 0.272 e. The Morgan fingerprint density at radius 2 is 2.06 bits per heavy atom. The summed E-state index contributed by atoms with van der Waals surface area (Å²) in [4.78, 5) is 27.6. The fraction of sp³-hybridized carbons (Fsp3) is 0.238. The second-order valence-electron chi connectivity index (χ2n) is 6.77. The highest BCUT2D eigenvalue weighted by atomic mass is 32.2. The van der Waals surface area contributed by atoms with E-state index < -0.39 is 20.7 Å². The minimum absolute atomic E-state index is 0.0727. The number of nitro benzene ring substituents is 1. The number of fused-ring (bicyclic) bond motifs is 1. The summed E-state index contributed by atoms with van der Waals surface area (Å²) in [5.41, 5.74) is 1.17. The van der Waals surface area contributed by atoms with Crippen LogP contribution in [0, 0.1) is 10.1 Å². The number of nitrogens with zero attached hydrogens (tertiary/aromatic N) is 3. The first-order valence-electron chi connectivity index (χ1n) is 9.61. The molecule has 0 spiro atoms. The van der Waals surface area contributed by atoms with Crippen LogP contribution in [0.15, 0.2) is 58.4 Å². The molecule has 32 heavy (non-hydrogen) atoms. The number of aromatic nitrogens is 1. The van der Waals surface area contributed by atoms with Crippen LogP contribution in [0.5, 0.6) is 0 Å². The zero-order valence-electron chi connectivity index (χ0n) is 17.4. The molecule has 2 aromatic carbocycles. The maximum atomic E-state index is 12.5. The quantitative estimate of drug-likeness (QED) is 0.213. The molecule has 0 radical (unpaired) electrons. The highest BCUT2D eigenvalue weighted by Gasteiger charge is 2.13. The van der Waals surface area contributed by atoms with Gasteiger partial charge in [0.2, 0.25) is 0 Å². The van der Waals surface area contributed by atoms with Crippen molar-refractivity contribution in [2.45, 2.75) is 18.4 Å². The van der Waals surface area contributed by atoms with Crippen molar-refractivity contribution in [2.24, 2.45) is 4.99 Å². The van der Waals surface area contributed by atoms with Gasteiger partial charge in [-0.05, 0) is 36.8 Å². The topological polar surface area (TPSA) is 121 Å². The molecule has 0 atom stereocenters. The third kappa shape index (κ3) is 5.75. The third-order valence-corrected chi connectivity index (χ3v) is 6.60. The van der Waals surface area contributed by atoms with Crippen molar-refractivity contribution in [2.75, 3.05) is 19.5 Å². The number of carbonyl (C=O) groups is 1. The second-order valence-corrected chi connectivity index (χ2v) is 9.80. The Hall–Kier alpha value is -3.15. The molecular weight excluding hydrogens is 454 g/mol. The molecule has 168 valence electrons. The monoisotopic (exact) mass is 475 g/mol. The lowest BCUT2D eigenvalue weighted by atomic mass is 10.2. The summed E-state index contributed by atoms with van der Waals surface area (Å²) in [6.07, 6.45) is 3.83. The lowest BCUT2D eigenvalue weighted by Crippen LogP contribution is -2.19. The number of hydrogen-bond donors (Lipinski definition) is 0. The van der Waals surface area contributed by atoms with Crippen LogP contribution in [0.4, 0.5) is 5.69 Å². The highest BCUT2D eigenvalue weighted by Crippen LogP contribution is 2.22. The van der Waals surface area contributed by atoms with Gasteiger partial charge in [-0.2, -0.15) is 4.99 Å². The molecule has 1 amide bonds. The zero-order valence-corrected chi connectivity index (χ0v) is 19.1. The van der Waals surface area contributed by atoms with Crippen LogP contribution < -0.4 is 4.80 Å². The number of sulfone groups is 1. The Morgan fingerprint density at radius 1 is 1.28 bits per heavy atom. The Morgan fingerprint density at radius 3 is 2.75 bits per heavy atom. The molecule has 0 unspecified atom stereocenters. The predicted molar refractivity (Wildman–Crippen MR) is 122 cm³/mol. The van der Waals surface area contributed by atoms with E-state index in [9.17, 15) is 23.3 Å². The van der Waals surface area contributed by atoms with E-state index in [-0.39, 0.29) is 10.6 Å². The molecule has 0 aliphatic carbocycles. The number of non-ortho nitro benzene ring substituents is 1. The summed E-state index contributed by atoms with van der Waals surface area (Å²) in [6.45, 7) is 3.26. The lowest BCUT2D eigenvalue weighted by Gasteiger charge is -2.05. The van der Waals surface area contributed by atoms with Crippen LogP contribution >= 0.6 is 11.3 Å². The average molecular weight is 476 g/mol. The predicted octanol–water partition coefficient (Wildman–Crippen LogP) is 3.19. The molecular formula is C21H21N3O6S2. The summed E-state index contributed by atoms with van der Waals surface area (Å²) >= 11 is 1.20. The van der Waals surface area contributed by atoms with Gasteiger partial charge in [-0.3, -0.25) is 14.9 Å². The van der Waals surface area contributed by atoms with Crippen LogP contribution in [-0.2, 0) is 25.9 Å². The Labute approximate surface area is 188 Å². The van der Waals surface area contributed by atoms with Gasteiger partial charge in [0.1, 0.15) is 0 Å². The normalized spacial score (nSPS) is 12.6. The fourth-order valence-corrected chi connectivity index (χ4v) is 4.75. The smallest absolute Gasteiger partial charge is 0.272 e. The lowest BCUT2D eigenvalue weighted by molar-refractivity contribution is -0.384. The third-order valence-electron chi connectivity index (χ3n) is 4.45. The van der Waals surface area contributed by atoms with Crippen LogP contribution in [0.2, 0.25) is 0 Å². The standard InChI is InChI=1S/C21H21N3O6S2/c1-3-30-12-11-23-18-9-8-17(32(2,28)29)14-19(18)31-21(23)22-20(25)10-7-15-5-4-6-16(13-15)24(26)27/h4-10,13-14H,3,11-12H2,1-2H3. The van der Waals surface area contributed by atoms with E-state index in [1.54, 1.807) is 22.8 Å². The molecule has 9 nitrogen and oxygen atoms in total. The average Bonchev–Trinajstić information content (AvgIpc) is 3.08. The Kier molecular flexibility index (Phi) is 7.33. The van der Waals surface area contributed by atoms with E-state index in [1.165, 1.54) is 47.8 Å². The Balaban J connectivity index is 1.99. The van der Waals surface area contributed by atoms with Crippen molar-refractivity contribution in [1.82, 2.24) is 4.57 Å².